The van der Waals surface area contributed by atoms with Crippen molar-refractivity contribution in [1.82, 2.24) is 0 Å². The topological polar surface area (TPSA) is 26.0 Å². The smallest absolute Gasteiger partial charge is 0.0544 e. The molecule has 0 aromatic heterocycles. The Bertz CT molecular complexity index is 347. The van der Waals surface area contributed by atoms with E-state index in [9.17, 15) is 0 Å². The molecule has 1 aromatic rings. The predicted molar refractivity (Wildman–Crippen MR) is 63.1 cm³/mol. The molecule has 2 rings (SSSR count). The van der Waals surface area contributed by atoms with Crippen LogP contribution in [0.3, 0.4) is 0 Å². The molecule has 1 fully saturated rings. The second-order valence-electron chi connectivity index (χ2n) is 4.01. The number of benzene rings is 1. The molecule has 0 unspecified atom stereocenters. The molecule has 0 heterocycles. The van der Waals surface area contributed by atoms with E-state index in [4.69, 9.17) is 17.3 Å². The van der Waals surface area contributed by atoms with Gasteiger partial charge in [0.2, 0.25) is 0 Å². The van der Waals surface area contributed by atoms with Crippen molar-refractivity contribution in [1.29, 1.82) is 0 Å². The molecule has 1 aromatic carbocycles. The minimum atomic E-state index is 0.0736. The van der Waals surface area contributed by atoms with Gasteiger partial charge in [-0.3, -0.25) is 0 Å². The zero-order valence-corrected chi connectivity index (χ0v) is 9.79. The Morgan fingerprint density at radius 3 is 2.71 bits per heavy atom. The van der Waals surface area contributed by atoms with E-state index in [2.05, 4.69) is 12.1 Å². The van der Waals surface area contributed by atoms with Crippen molar-refractivity contribution in [2.45, 2.75) is 29.7 Å². The SMILES string of the molecule is CSc1ccc(CC2(N)CC2)cc1Cl. The minimum Gasteiger partial charge on any atom is -0.325 e. The Kier molecular flexibility index (Phi) is 2.78. The summed E-state index contributed by atoms with van der Waals surface area (Å²) in [6.45, 7) is 0. The Labute approximate surface area is 94.0 Å². The molecule has 2 N–H and O–H groups in total. The largest absolute Gasteiger partial charge is 0.325 e. The van der Waals surface area contributed by atoms with Crippen molar-refractivity contribution < 1.29 is 0 Å². The van der Waals surface area contributed by atoms with Gasteiger partial charge in [0.1, 0.15) is 0 Å². The molecule has 0 radical (unpaired) electrons. The molecule has 1 aliphatic rings. The molecule has 1 nitrogen and oxygen atoms in total. The molecule has 3 heteroatoms. The van der Waals surface area contributed by atoms with Gasteiger partial charge in [-0.1, -0.05) is 17.7 Å². The van der Waals surface area contributed by atoms with Gasteiger partial charge in [-0.25, -0.2) is 0 Å². The molecule has 0 aliphatic heterocycles. The van der Waals surface area contributed by atoms with Gasteiger partial charge in [0.15, 0.2) is 0 Å². The van der Waals surface area contributed by atoms with Crippen molar-refractivity contribution in [3.8, 4) is 0 Å². The average Bonchev–Trinajstić information content (AvgIpc) is 2.84. The second-order valence-corrected chi connectivity index (χ2v) is 5.26. The third kappa shape index (κ3) is 2.25. The molecule has 0 atom stereocenters. The molecule has 76 valence electrons. The molecule has 14 heavy (non-hydrogen) atoms. The first-order valence-electron chi connectivity index (χ1n) is 4.74. The Morgan fingerprint density at radius 1 is 1.50 bits per heavy atom. The first kappa shape index (κ1) is 10.3. The highest BCUT2D eigenvalue weighted by Gasteiger charge is 2.37. The van der Waals surface area contributed by atoms with Crippen molar-refractivity contribution in [2.75, 3.05) is 6.26 Å². The molecule has 1 aliphatic carbocycles. The molecular weight excluding hydrogens is 214 g/mol. The third-order valence-corrected chi connectivity index (χ3v) is 3.89. The van der Waals surface area contributed by atoms with Crippen molar-refractivity contribution in [3.05, 3.63) is 28.8 Å². The van der Waals surface area contributed by atoms with Gasteiger partial charge in [0, 0.05) is 10.4 Å². The standard InChI is InChI=1S/C11H14ClNS/c1-14-10-3-2-8(6-9(10)12)7-11(13)4-5-11/h2-3,6H,4-5,7,13H2,1H3. The van der Waals surface area contributed by atoms with Gasteiger partial charge in [0.05, 0.1) is 5.02 Å². The lowest BCUT2D eigenvalue weighted by Gasteiger charge is -2.09. The van der Waals surface area contributed by atoms with Crippen LogP contribution in [0.1, 0.15) is 18.4 Å². The highest BCUT2D eigenvalue weighted by Crippen LogP contribution is 2.36. The summed E-state index contributed by atoms with van der Waals surface area (Å²) in [5.41, 5.74) is 7.38. The van der Waals surface area contributed by atoms with E-state index < -0.39 is 0 Å². The quantitative estimate of drug-likeness (QED) is 0.804. The van der Waals surface area contributed by atoms with Crippen molar-refractivity contribution >= 4 is 23.4 Å². The lowest BCUT2D eigenvalue weighted by atomic mass is 10.1. The van der Waals surface area contributed by atoms with Gasteiger partial charge >= 0.3 is 0 Å². The van der Waals surface area contributed by atoms with Crippen LogP contribution in [0.5, 0.6) is 0 Å². The van der Waals surface area contributed by atoms with E-state index in [1.54, 1.807) is 11.8 Å². The van der Waals surface area contributed by atoms with Crippen LogP contribution in [0.25, 0.3) is 0 Å². The van der Waals surface area contributed by atoms with Crippen LogP contribution in [0.4, 0.5) is 0 Å². The number of halogens is 1. The Balaban J connectivity index is 2.15. The summed E-state index contributed by atoms with van der Waals surface area (Å²) in [5.74, 6) is 0. The summed E-state index contributed by atoms with van der Waals surface area (Å²) in [6.07, 6.45) is 5.29. The van der Waals surface area contributed by atoms with Crippen LogP contribution >= 0.6 is 23.4 Å². The maximum atomic E-state index is 6.12. The first-order chi connectivity index (χ1) is 6.63. The van der Waals surface area contributed by atoms with Crippen LogP contribution in [-0.2, 0) is 6.42 Å². The van der Waals surface area contributed by atoms with E-state index in [0.717, 1.165) is 29.2 Å². The zero-order valence-electron chi connectivity index (χ0n) is 8.22. The highest BCUT2D eigenvalue weighted by atomic mass is 35.5. The minimum absolute atomic E-state index is 0.0736. The molecule has 1 saturated carbocycles. The molecule has 0 amide bonds. The van der Waals surface area contributed by atoms with E-state index >= 15 is 0 Å². The summed E-state index contributed by atoms with van der Waals surface area (Å²) in [7, 11) is 0. The summed E-state index contributed by atoms with van der Waals surface area (Å²) >= 11 is 7.79. The third-order valence-electron chi connectivity index (χ3n) is 2.66. The summed E-state index contributed by atoms with van der Waals surface area (Å²) in [4.78, 5) is 1.14. The molecule has 0 bridgehead atoms. The highest BCUT2D eigenvalue weighted by molar-refractivity contribution is 7.98. The fourth-order valence-electron chi connectivity index (χ4n) is 1.56. The second kappa shape index (κ2) is 3.76. The fourth-order valence-corrected chi connectivity index (χ4v) is 2.46. The fraction of sp³-hybridized carbons (Fsp3) is 0.455. The monoisotopic (exact) mass is 227 g/mol. The number of thioether (sulfide) groups is 1. The van der Waals surface area contributed by atoms with Gasteiger partial charge < -0.3 is 5.73 Å². The van der Waals surface area contributed by atoms with E-state index in [-0.39, 0.29) is 5.54 Å². The van der Waals surface area contributed by atoms with Crippen LogP contribution in [0.2, 0.25) is 5.02 Å². The summed E-state index contributed by atoms with van der Waals surface area (Å²) < 4.78 is 0. The lowest BCUT2D eigenvalue weighted by molar-refractivity contribution is 0.672. The number of nitrogens with two attached hydrogens (primary N) is 1. The van der Waals surface area contributed by atoms with Crippen LogP contribution < -0.4 is 5.73 Å². The normalized spacial score (nSPS) is 18.2. The van der Waals surface area contributed by atoms with Gasteiger partial charge in [-0.15, -0.1) is 11.8 Å². The van der Waals surface area contributed by atoms with Crippen LogP contribution in [-0.4, -0.2) is 11.8 Å². The Hall–Kier alpha value is -0.180. The average molecular weight is 228 g/mol. The lowest BCUT2D eigenvalue weighted by Crippen LogP contribution is -2.24. The van der Waals surface area contributed by atoms with E-state index in [0.29, 0.717) is 0 Å². The Morgan fingerprint density at radius 2 is 2.21 bits per heavy atom. The summed E-state index contributed by atoms with van der Waals surface area (Å²) in [6, 6.07) is 6.25. The van der Waals surface area contributed by atoms with Crippen LogP contribution in [0, 0.1) is 0 Å². The molecule has 0 saturated heterocycles. The number of hydrogen-bond acceptors (Lipinski definition) is 2. The van der Waals surface area contributed by atoms with Gasteiger partial charge in [-0.05, 0) is 43.2 Å². The van der Waals surface area contributed by atoms with Gasteiger partial charge in [0.25, 0.3) is 0 Å². The maximum Gasteiger partial charge on any atom is 0.0544 e. The first-order valence-corrected chi connectivity index (χ1v) is 6.34. The number of rotatable bonds is 3. The number of hydrogen-bond donors (Lipinski definition) is 1. The maximum absolute atomic E-state index is 6.12. The van der Waals surface area contributed by atoms with Crippen molar-refractivity contribution in [2.24, 2.45) is 5.73 Å². The van der Waals surface area contributed by atoms with Gasteiger partial charge in [-0.2, -0.15) is 0 Å². The molecule has 0 spiro atoms. The zero-order chi connectivity index (χ0) is 10.2. The van der Waals surface area contributed by atoms with E-state index in [1.165, 1.54) is 5.56 Å². The van der Waals surface area contributed by atoms with Crippen molar-refractivity contribution in [3.63, 3.8) is 0 Å². The predicted octanol–water partition coefficient (Wildman–Crippen LogP) is 3.10. The molecular formula is C11H14ClNS. The summed E-state index contributed by atoms with van der Waals surface area (Å²) in [5, 5.41) is 0.847. The van der Waals surface area contributed by atoms with Crippen LogP contribution in [0.15, 0.2) is 23.1 Å². The van der Waals surface area contributed by atoms with E-state index in [1.807, 2.05) is 12.3 Å².